The first-order valence-electron chi connectivity index (χ1n) is 10.0. The fraction of sp³-hybridized carbons (Fsp3) is 0.364. The summed E-state index contributed by atoms with van der Waals surface area (Å²) >= 11 is 1.81. The van der Waals surface area contributed by atoms with Gasteiger partial charge in [0.25, 0.3) is 0 Å². The van der Waals surface area contributed by atoms with E-state index >= 15 is 0 Å². The SMILES string of the molecule is N#Cc1ccccc1S(=O)(=O)N1CCC(C(=O)N[C@H]2CCSc3ccccc32)CC1. The minimum atomic E-state index is -3.74. The standard InChI is InChI=1S/C22H23N3O3S2/c23-15-17-5-1-4-8-21(17)30(27,28)25-12-9-16(10-13-25)22(26)24-19-11-14-29-20-7-3-2-6-18(19)20/h1-8,16,19H,9-14H2,(H,24,26)/t19-/m0/s1. The summed E-state index contributed by atoms with van der Waals surface area (Å²) in [5.41, 5.74) is 1.31. The smallest absolute Gasteiger partial charge is 0.244 e. The van der Waals surface area contributed by atoms with E-state index in [-0.39, 0.29) is 41.4 Å². The van der Waals surface area contributed by atoms with Crippen LogP contribution in [0.2, 0.25) is 0 Å². The van der Waals surface area contributed by atoms with Gasteiger partial charge in [0.1, 0.15) is 6.07 Å². The number of nitriles is 1. The maximum Gasteiger partial charge on any atom is 0.244 e. The maximum atomic E-state index is 13.0. The number of carbonyl (C=O) groups excluding carboxylic acids is 1. The van der Waals surface area contributed by atoms with Gasteiger partial charge in [-0.1, -0.05) is 30.3 Å². The minimum Gasteiger partial charge on any atom is -0.349 e. The van der Waals surface area contributed by atoms with Crippen LogP contribution in [0.3, 0.4) is 0 Å². The molecule has 6 nitrogen and oxygen atoms in total. The first-order chi connectivity index (χ1) is 14.5. The molecule has 0 aromatic heterocycles. The van der Waals surface area contributed by atoms with Gasteiger partial charge in [0, 0.05) is 29.7 Å². The Morgan fingerprint density at radius 1 is 1.07 bits per heavy atom. The van der Waals surface area contributed by atoms with E-state index in [1.807, 2.05) is 30.0 Å². The van der Waals surface area contributed by atoms with Gasteiger partial charge in [-0.05, 0) is 43.0 Å². The quantitative estimate of drug-likeness (QED) is 0.786. The van der Waals surface area contributed by atoms with Gasteiger partial charge in [-0.25, -0.2) is 8.42 Å². The molecule has 0 bridgehead atoms. The van der Waals surface area contributed by atoms with E-state index in [1.165, 1.54) is 21.3 Å². The second-order valence-corrected chi connectivity index (χ2v) is 10.6. The second-order valence-electron chi connectivity index (χ2n) is 7.52. The molecule has 1 atom stereocenters. The molecule has 2 aliphatic heterocycles. The molecule has 1 saturated heterocycles. The number of piperidine rings is 1. The number of sulfonamides is 1. The van der Waals surface area contributed by atoms with E-state index in [9.17, 15) is 18.5 Å². The Morgan fingerprint density at radius 3 is 2.53 bits per heavy atom. The van der Waals surface area contributed by atoms with Crippen LogP contribution in [-0.2, 0) is 14.8 Å². The molecule has 2 heterocycles. The molecule has 1 fully saturated rings. The van der Waals surface area contributed by atoms with Gasteiger partial charge in [0.2, 0.25) is 15.9 Å². The lowest BCUT2D eigenvalue weighted by atomic mass is 9.95. The summed E-state index contributed by atoms with van der Waals surface area (Å²) in [5.74, 6) is 0.761. The summed E-state index contributed by atoms with van der Waals surface area (Å²) in [6.07, 6.45) is 1.84. The van der Waals surface area contributed by atoms with Crippen molar-refractivity contribution in [3.63, 3.8) is 0 Å². The van der Waals surface area contributed by atoms with Gasteiger partial charge in [-0.3, -0.25) is 4.79 Å². The van der Waals surface area contributed by atoms with E-state index in [1.54, 1.807) is 12.1 Å². The van der Waals surface area contributed by atoms with Gasteiger partial charge in [-0.15, -0.1) is 11.8 Å². The lowest BCUT2D eigenvalue weighted by molar-refractivity contribution is -0.126. The summed E-state index contributed by atoms with van der Waals surface area (Å²) < 4.78 is 27.3. The van der Waals surface area contributed by atoms with Crippen molar-refractivity contribution in [1.29, 1.82) is 5.26 Å². The van der Waals surface area contributed by atoms with E-state index in [4.69, 9.17) is 0 Å². The molecule has 8 heteroatoms. The zero-order valence-electron chi connectivity index (χ0n) is 16.5. The van der Waals surface area contributed by atoms with Crippen molar-refractivity contribution in [1.82, 2.24) is 9.62 Å². The van der Waals surface area contributed by atoms with Crippen LogP contribution in [0.25, 0.3) is 0 Å². The molecule has 2 aliphatic rings. The Kier molecular flexibility index (Phi) is 6.14. The van der Waals surface area contributed by atoms with Crippen LogP contribution in [0.4, 0.5) is 0 Å². The molecular formula is C22H23N3O3S2. The van der Waals surface area contributed by atoms with Gasteiger partial charge in [-0.2, -0.15) is 9.57 Å². The molecule has 156 valence electrons. The summed E-state index contributed by atoms with van der Waals surface area (Å²) in [6, 6.07) is 16.4. The number of rotatable bonds is 4. The highest BCUT2D eigenvalue weighted by Crippen LogP contribution is 2.36. The van der Waals surface area contributed by atoms with Crippen molar-refractivity contribution in [2.45, 2.75) is 35.1 Å². The van der Waals surface area contributed by atoms with E-state index in [2.05, 4.69) is 17.4 Å². The molecule has 0 unspecified atom stereocenters. The van der Waals surface area contributed by atoms with Gasteiger partial charge in [0.05, 0.1) is 16.5 Å². The maximum absolute atomic E-state index is 13.0. The molecule has 30 heavy (non-hydrogen) atoms. The summed E-state index contributed by atoms with van der Waals surface area (Å²) in [7, 11) is -3.74. The highest BCUT2D eigenvalue weighted by Gasteiger charge is 2.34. The highest BCUT2D eigenvalue weighted by atomic mass is 32.2. The van der Waals surface area contributed by atoms with Crippen LogP contribution in [0.1, 0.15) is 36.4 Å². The van der Waals surface area contributed by atoms with Crippen molar-refractivity contribution in [2.24, 2.45) is 5.92 Å². The molecule has 0 aliphatic carbocycles. The van der Waals surface area contributed by atoms with Crippen LogP contribution in [0.15, 0.2) is 58.3 Å². The Hall–Kier alpha value is -2.34. The van der Waals surface area contributed by atoms with Gasteiger partial charge < -0.3 is 5.32 Å². The first kappa shape index (κ1) is 20.9. The molecular weight excluding hydrogens is 418 g/mol. The van der Waals surface area contributed by atoms with Crippen molar-refractivity contribution in [3.8, 4) is 6.07 Å². The topological polar surface area (TPSA) is 90.3 Å². The van der Waals surface area contributed by atoms with E-state index < -0.39 is 10.0 Å². The van der Waals surface area contributed by atoms with Crippen LogP contribution in [0.5, 0.6) is 0 Å². The minimum absolute atomic E-state index is 0.00354. The van der Waals surface area contributed by atoms with Crippen molar-refractivity contribution >= 4 is 27.7 Å². The molecule has 1 N–H and O–H groups in total. The largest absolute Gasteiger partial charge is 0.349 e. The van der Waals surface area contributed by atoms with Crippen LogP contribution >= 0.6 is 11.8 Å². The third kappa shape index (κ3) is 4.10. The Bertz CT molecular complexity index is 1090. The lowest BCUT2D eigenvalue weighted by Crippen LogP contribution is -2.44. The Morgan fingerprint density at radius 2 is 1.77 bits per heavy atom. The third-order valence-electron chi connectivity index (χ3n) is 5.73. The summed E-state index contributed by atoms with van der Waals surface area (Å²) in [6.45, 7) is 0.550. The van der Waals surface area contributed by atoms with Crippen LogP contribution in [-0.4, -0.2) is 37.5 Å². The number of nitrogens with zero attached hydrogens (tertiary/aromatic N) is 2. The highest BCUT2D eigenvalue weighted by molar-refractivity contribution is 7.99. The van der Waals surface area contributed by atoms with E-state index in [0.717, 1.165) is 17.7 Å². The number of benzene rings is 2. The van der Waals surface area contributed by atoms with E-state index in [0.29, 0.717) is 12.8 Å². The molecule has 0 spiro atoms. The lowest BCUT2D eigenvalue weighted by Gasteiger charge is -2.32. The molecule has 4 rings (SSSR count). The zero-order chi connectivity index (χ0) is 21.1. The predicted molar refractivity (Wildman–Crippen MR) is 115 cm³/mol. The van der Waals surface area contributed by atoms with Crippen molar-refractivity contribution < 1.29 is 13.2 Å². The fourth-order valence-corrected chi connectivity index (χ4v) is 6.80. The normalized spacial score (nSPS) is 20.2. The number of nitrogens with one attached hydrogen (secondary N) is 1. The average Bonchev–Trinajstić information content (AvgIpc) is 2.79. The molecule has 0 saturated carbocycles. The number of amides is 1. The molecule has 0 radical (unpaired) electrons. The number of hydrogen-bond donors (Lipinski definition) is 1. The molecule has 2 aromatic carbocycles. The number of thioether (sulfide) groups is 1. The molecule has 1 amide bonds. The first-order valence-corrected chi connectivity index (χ1v) is 12.4. The summed E-state index contributed by atoms with van der Waals surface area (Å²) in [5, 5.41) is 12.4. The van der Waals surface area contributed by atoms with Crippen LogP contribution in [0, 0.1) is 17.2 Å². The second kappa shape index (κ2) is 8.80. The van der Waals surface area contributed by atoms with Crippen LogP contribution < -0.4 is 5.32 Å². The average molecular weight is 442 g/mol. The number of fused-ring (bicyclic) bond motifs is 1. The molecule has 2 aromatic rings. The van der Waals surface area contributed by atoms with Gasteiger partial charge >= 0.3 is 0 Å². The summed E-state index contributed by atoms with van der Waals surface area (Å²) in [4.78, 5) is 14.1. The third-order valence-corrected chi connectivity index (χ3v) is 8.80. The Labute approximate surface area is 181 Å². The zero-order valence-corrected chi connectivity index (χ0v) is 18.1. The number of hydrogen-bond acceptors (Lipinski definition) is 5. The van der Waals surface area contributed by atoms with Gasteiger partial charge in [0.15, 0.2) is 0 Å². The van der Waals surface area contributed by atoms with Crippen molar-refractivity contribution in [3.05, 3.63) is 59.7 Å². The Balaban J connectivity index is 1.40. The number of carbonyl (C=O) groups is 1. The monoisotopic (exact) mass is 441 g/mol. The predicted octanol–water partition coefficient (Wildman–Crippen LogP) is 3.31. The van der Waals surface area contributed by atoms with Crippen molar-refractivity contribution in [2.75, 3.05) is 18.8 Å². The fourth-order valence-electron chi connectivity index (χ4n) is 4.06.